The van der Waals surface area contributed by atoms with Crippen molar-refractivity contribution in [1.29, 1.82) is 0 Å². The number of hydrogen-bond donors (Lipinski definition) is 0. The molecule has 0 aliphatic heterocycles. The van der Waals surface area contributed by atoms with Crippen molar-refractivity contribution in [3.05, 3.63) is 88.9 Å². The van der Waals surface area contributed by atoms with Crippen LogP contribution in [0.5, 0.6) is 5.75 Å². The molecule has 0 fully saturated rings. The summed E-state index contributed by atoms with van der Waals surface area (Å²) in [5, 5.41) is 0.391. The van der Waals surface area contributed by atoms with Crippen molar-refractivity contribution in [3.63, 3.8) is 0 Å². The molecule has 32 heavy (non-hydrogen) atoms. The zero-order valence-corrected chi connectivity index (χ0v) is 18.9. The summed E-state index contributed by atoms with van der Waals surface area (Å²) in [7, 11) is -1.09. The highest BCUT2D eigenvalue weighted by Gasteiger charge is 2.23. The second-order valence-corrected chi connectivity index (χ2v) is 9.12. The summed E-state index contributed by atoms with van der Waals surface area (Å²) in [5.74, 6) is -0.727. The Hall–Kier alpha value is -3.36. The van der Waals surface area contributed by atoms with Gasteiger partial charge in [-0.15, -0.1) is 0 Å². The van der Waals surface area contributed by atoms with Gasteiger partial charge in [0.25, 0.3) is 10.0 Å². The molecular formula is C23H20ClNO6S. The average molecular weight is 474 g/mol. The lowest BCUT2D eigenvalue weighted by Crippen LogP contribution is -2.26. The molecule has 0 saturated heterocycles. The van der Waals surface area contributed by atoms with Crippen LogP contribution in [0.3, 0.4) is 0 Å². The number of carbonyl (C=O) groups excluding carboxylic acids is 2. The number of ketones is 1. The summed E-state index contributed by atoms with van der Waals surface area (Å²) >= 11 is 5.96. The predicted octanol–water partition coefficient (Wildman–Crippen LogP) is 4.21. The van der Waals surface area contributed by atoms with Crippen molar-refractivity contribution in [1.82, 2.24) is 0 Å². The largest absolute Gasteiger partial charge is 0.497 e. The molecule has 0 atom stereocenters. The number of methoxy groups -OCH3 is 1. The van der Waals surface area contributed by atoms with Gasteiger partial charge in [-0.1, -0.05) is 35.9 Å². The third-order valence-corrected chi connectivity index (χ3v) is 6.64. The first-order valence-electron chi connectivity index (χ1n) is 9.41. The molecule has 0 N–H and O–H groups in total. The number of halogens is 1. The van der Waals surface area contributed by atoms with Crippen LogP contribution in [0.2, 0.25) is 5.02 Å². The Morgan fingerprint density at radius 3 is 2.34 bits per heavy atom. The topological polar surface area (TPSA) is 90.0 Å². The molecular weight excluding hydrogens is 454 g/mol. The van der Waals surface area contributed by atoms with Gasteiger partial charge in [-0.3, -0.25) is 9.10 Å². The Labute approximate surface area is 191 Å². The molecule has 0 radical (unpaired) electrons. The molecule has 0 heterocycles. The van der Waals surface area contributed by atoms with Crippen molar-refractivity contribution in [2.45, 2.75) is 4.90 Å². The maximum Gasteiger partial charge on any atom is 0.338 e. The van der Waals surface area contributed by atoms with Crippen molar-refractivity contribution in [3.8, 4) is 5.75 Å². The van der Waals surface area contributed by atoms with Gasteiger partial charge in [0.1, 0.15) is 5.75 Å². The minimum atomic E-state index is -3.96. The summed E-state index contributed by atoms with van der Waals surface area (Å²) in [5.41, 5.74) is 0.704. The zero-order chi connectivity index (χ0) is 23.3. The standard InChI is InChI=1S/C23H20ClNO6S/c1-25(19-9-5-8-18(24)14-19)32(28,29)21-11-4-7-17(13-21)23(27)31-15-22(26)16-6-3-10-20(12-16)30-2/h3-14H,15H2,1-2H3. The van der Waals surface area contributed by atoms with Crippen LogP contribution in [-0.2, 0) is 14.8 Å². The van der Waals surface area contributed by atoms with E-state index in [4.69, 9.17) is 21.1 Å². The molecule has 0 amide bonds. The number of sulfonamides is 1. The molecule has 9 heteroatoms. The van der Waals surface area contributed by atoms with Gasteiger partial charge in [0.2, 0.25) is 0 Å². The SMILES string of the molecule is COc1cccc(C(=O)COC(=O)c2cccc(S(=O)(=O)N(C)c3cccc(Cl)c3)c2)c1. The fraction of sp³-hybridized carbons (Fsp3) is 0.130. The Balaban J connectivity index is 1.74. The number of carbonyl (C=O) groups is 2. The highest BCUT2D eigenvalue weighted by molar-refractivity contribution is 7.92. The summed E-state index contributed by atoms with van der Waals surface area (Å²) in [6, 6.07) is 18.3. The fourth-order valence-electron chi connectivity index (χ4n) is 2.85. The van der Waals surface area contributed by atoms with E-state index in [1.807, 2.05) is 0 Å². The fourth-order valence-corrected chi connectivity index (χ4v) is 4.26. The number of ether oxygens (including phenoxy) is 2. The number of anilines is 1. The van der Waals surface area contributed by atoms with E-state index in [1.165, 1.54) is 50.6 Å². The van der Waals surface area contributed by atoms with E-state index < -0.39 is 28.4 Å². The van der Waals surface area contributed by atoms with Gasteiger partial charge in [-0.25, -0.2) is 13.2 Å². The van der Waals surface area contributed by atoms with Gasteiger partial charge in [-0.2, -0.15) is 0 Å². The molecule has 0 aromatic heterocycles. The van der Waals surface area contributed by atoms with Crippen molar-refractivity contribution in [2.24, 2.45) is 0 Å². The van der Waals surface area contributed by atoms with Crippen molar-refractivity contribution in [2.75, 3.05) is 25.1 Å². The van der Waals surface area contributed by atoms with Crippen LogP contribution in [0.1, 0.15) is 20.7 Å². The highest BCUT2D eigenvalue weighted by Crippen LogP contribution is 2.25. The van der Waals surface area contributed by atoms with Crippen LogP contribution in [0.25, 0.3) is 0 Å². The molecule has 0 aliphatic carbocycles. The summed E-state index contributed by atoms with van der Waals surface area (Å²) in [4.78, 5) is 24.6. The quantitative estimate of drug-likeness (QED) is 0.359. The van der Waals surface area contributed by atoms with Gasteiger partial charge in [0.05, 0.1) is 23.3 Å². The van der Waals surface area contributed by atoms with Gasteiger partial charge in [0, 0.05) is 17.6 Å². The Morgan fingerprint density at radius 1 is 0.938 bits per heavy atom. The van der Waals surface area contributed by atoms with Crippen LogP contribution in [0.15, 0.2) is 77.7 Å². The lowest BCUT2D eigenvalue weighted by molar-refractivity contribution is 0.0474. The van der Waals surface area contributed by atoms with E-state index in [2.05, 4.69) is 0 Å². The first-order valence-corrected chi connectivity index (χ1v) is 11.2. The summed E-state index contributed by atoms with van der Waals surface area (Å²) in [6.45, 7) is -0.495. The van der Waals surface area contributed by atoms with Crippen LogP contribution in [0, 0.1) is 0 Å². The molecule has 0 aliphatic rings. The Kier molecular flexibility index (Phi) is 7.17. The van der Waals surface area contributed by atoms with Crippen LogP contribution in [-0.4, -0.2) is 40.9 Å². The molecule has 0 saturated carbocycles. The normalized spacial score (nSPS) is 11.0. The summed E-state index contributed by atoms with van der Waals surface area (Å²) < 4.78 is 37.2. The summed E-state index contributed by atoms with van der Waals surface area (Å²) in [6.07, 6.45) is 0. The minimum absolute atomic E-state index is 0.00371. The number of Topliss-reactive ketones (excluding diaryl/α,β-unsaturated/α-hetero) is 1. The number of hydrogen-bond acceptors (Lipinski definition) is 6. The lowest BCUT2D eigenvalue weighted by atomic mass is 10.1. The number of esters is 1. The molecule has 7 nitrogen and oxygen atoms in total. The smallest absolute Gasteiger partial charge is 0.338 e. The van der Waals surface area contributed by atoms with E-state index >= 15 is 0 Å². The third-order valence-electron chi connectivity index (χ3n) is 4.63. The predicted molar refractivity (Wildman–Crippen MR) is 121 cm³/mol. The van der Waals surface area contributed by atoms with Gasteiger partial charge >= 0.3 is 5.97 Å². The number of nitrogens with zero attached hydrogens (tertiary/aromatic N) is 1. The number of rotatable bonds is 8. The average Bonchev–Trinajstić information content (AvgIpc) is 2.81. The second-order valence-electron chi connectivity index (χ2n) is 6.71. The molecule has 0 spiro atoms. The van der Waals surface area contributed by atoms with Gasteiger partial charge < -0.3 is 9.47 Å². The van der Waals surface area contributed by atoms with Crippen molar-refractivity contribution >= 4 is 39.1 Å². The monoisotopic (exact) mass is 473 g/mol. The van der Waals surface area contributed by atoms with Crippen LogP contribution < -0.4 is 9.04 Å². The van der Waals surface area contributed by atoms with Gasteiger partial charge in [0.15, 0.2) is 12.4 Å². The van der Waals surface area contributed by atoms with Gasteiger partial charge in [-0.05, 0) is 48.5 Å². The van der Waals surface area contributed by atoms with Crippen molar-refractivity contribution < 1.29 is 27.5 Å². The number of benzene rings is 3. The van der Waals surface area contributed by atoms with E-state index in [1.54, 1.807) is 36.4 Å². The first-order chi connectivity index (χ1) is 15.2. The van der Waals surface area contributed by atoms with E-state index in [-0.39, 0.29) is 10.5 Å². The van der Waals surface area contributed by atoms with E-state index in [0.29, 0.717) is 22.0 Å². The Morgan fingerprint density at radius 2 is 1.62 bits per heavy atom. The van der Waals surface area contributed by atoms with Crippen LogP contribution in [0.4, 0.5) is 5.69 Å². The lowest BCUT2D eigenvalue weighted by Gasteiger charge is -2.20. The Bertz CT molecular complexity index is 1260. The minimum Gasteiger partial charge on any atom is -0.497 e. The molecule has 166 valence electrons. The van der Waals surface area contributed by atoms with E-state index in [9.17, 15) is 18.0 Å². The maximum atomic E-state index is 13.0. The zero-order valence-electron chi connectivity index (χ0n) is 17.3. The molecule has 0 bridgehead atoms. The third kappa shape index (κ3) is 5.27. The maximum absolute atomic E-state index is 13.0. The second kappa shape index (κ2) is 9.84. The molecule has 3 aromatic rings. The molecule has 0 unspecified atom stereocenters. The molecule has 3 rings (SSSR count). The van der Waals surface area contributed by atoms with Crippen LogP contribution >= 0.6 is 11.6 Å². The van der Waals surface area contributed by atoms with E-state index in [0.717, 1.165) is 4.31 Å². The molecule has 3 aromatic carbocycles. The first kappa shape index (κ1) is 23.3. The highest BCUT2D eigenvalue weighted by atomic mass is 35.5.